The number of piperidine rings is 1. The van der Waals surface area contributed by atoms with Crippen LogP contribution in [0.2, 0.25) is 0 Å². The zero-order valence-corrected chi connectivity index (χ0v) is 19.9. The minimum Gasteiger partial charge on any atom is -0.446 e. The molecule has 0 spiro atoms. The van der Waals surface area contributed by atoms with Crippen molar-refractivity contribution in [3.63, 3.8) is 0 Å². The molecule has 1 aliphatic carbocycles. The third kappa shape index (κ3) is 4.62. The van der Waals surface area contributed by atoms with Gasteiger partial charge in [-0.15, -0.1) is 0 Å². The first kappa shape index (κ1) is 22.0. The molecule has 1 amide bonds. The van der Waals surface area contributed by atoms with E-state index in [1.807, 2.05) is 4.90 Å². The van der Waals surface area contributed by atoms with E-state index in [9.17, 15) is 4.79 Å². The molecule has 176 valence electrons. The summed E-state index contributed by atoms with van der Waals surface area (Å²) in [5.74, 6) is 0. The largest absolute Gasteiger partial charge is 0.446 e. The predicted octanol–water partition coefficient (Wildman–Crippen LogP) is 4.16. The second-order valence-corrected chi connectivity index (χ2v) is 10.7. The van der Waals surface area contributed by atoms with Gasteiger partial charge >= 0.3 is 6.09 Å². The normalized spacial score (nSPS) is 25.1. The lowest BCUT2D eigenvalue weighted by Crippen LogP contribution is -2.49. The highest BCUT2D eigenvalue weighted by Gasteiger charge is 2.36. The summed E-state index contributed by atoms with van der Waals surface area (Å²) in [5, 5.41) is 0. The average molecular weight is 442 g/mol. The summed E-state index contributed by atoms with van der Waals surface area (Å²) >= 11 is 0. The number of hydrogen-bond donors (Lipinski definition) is 0. The molecule has 1 aromatic carbocycles. The standard InChI is InChI=1S/C26H39N3O3/c1-26(2)19-29(25(30)32-23-5-3-4-6-23)18-20-17-22(7-8-24(20)26)27-11-9-21(10-12-27)28-13-15-31-16-14-28/h7-8,17,21,23H,3-6,9-16,18-19H2,1-2H3. The Morgan fingerprint density at radius 3 is 2.47 bits per heavy atom. The van der Waals surface area contributed by atoms with E-state index in [-0.39, 0.29) is 17.6 Å². The van der Waals surface area contributed by atoms with Gasteiger partial charge in [0.25, 0.3) is 0 Å². The average Bonchev–Trinajstić information content (AvgIpc) is 3.32. The van der Waals surface area contributed by atoms with Gasteiger partial charge in [0.15, 0.2) is 0 Å². The van der Waals surface area contributed by atoms with Gasteiger partial charge in [0.1, 0.15) is 6.10 Å². The summed E-state index contributed by atoms with van der Waals surface area (Å²) < 4.78 is 11.4. The Hall–Kier alpha value is -1.79. The molecule has 0 aromatic heterocycles. The summed E-state index contributed by atoms with van der Waals surface area (Å²) in [6, 6.07) is 7.62. The van der Waals surface area contributed by atoms with E-state index in [4.69, 9.17) is 9.47 Å². The Bertz CT molecular complexity index is 807. The summed E-state index contributed by atoms with van der Waals surface area (Å²) in [7, 11) is 0. The summed E-state index contributed by atoms with van der Waals surface area (Å²) in [5.41, 5.74) is 3.88. The van der Waals surface area contributed by atoms with Crippen LogP contribution < -0.4 is 4.90 Å². The minimum absolute atomic E-state index is 0.0653. The van der Waals surface area contributed by atoms with Gasteiger partial charge in [-0.1, -0.05) is 19.9 Å². The van der Waals surface area contributed by atoms with Crippen LogP contribution >= 0.6 is 0 Å². The Morgan fingerprint density at radius 1 is 1.03 bits per heavy atom. The van der Waals surface area contributed by atoms with Crippen LogP contribution in [0.25, 0.3) is 0 Å². The summed E-state index contributed by atoms with van der Waals surface area (Å²) in [6.45, 7) is 12.0. The van der Waals surface area contributed by atoms with Crippen molar-refractivity contribution in [2.24, 2.45) is 0 Å². The molecule has 6 heteroatoms. The van der Waals surface area contributed by atoms with Gasteiger partial charge in [0.2, 0.25) is 0 Å². The Morgan fingerprint density at radius 2 is 1.75 bits per heavy atom. The molecule has 4 aliphatic rings. The van der Waals surface area contributed by atoms with Crippen molar-refractivity contribution in [2.45, 2.75) is 76.5 Å². The van der Waals surface area contributed by atoms with Crippen LogP contribution in [-0.4, -0.2) is 74.0 Å². The molecule has 1 aromatic rings. The SMILES string of the molecule is CC1(C)CN(C(=O)OC2CCCC2)Cc2cc(N3CCC(N4CCOCC4)CC3)ccc21. The third-order valence-electron chi connectivity index (χ3n) is 7.98. The number of carbonyl (C=O) groups excluding carboxylic acids is 1. The summed E-state index contributed by atoms with van der Waals surface area (Å²) in [6.07, 6.45) is 6.80. The molecule has 32 heavy (non-hydrogen) atoms. The quantitative estimate of drug-likeness (QED) is 0.705. The fourth-order valence-electron chi connectivity index (χ4n) is 6.18. The number of nitrogens with zero attached hydrogens (tertiary/aromatic N) is 3. The van der Waals surface area contributed by atoms with Gasteiger partial charge in [0, 0.05) is 56.4 Å². The van der Waals surface area contributed by atoms with Crippen molar-refractivity contribution in [1.82, 2.24) is 9.80 Å². The number of carbonyl (C=O) groups is 1. The Kier molecular flexibility index (Phi) is 6.35. The van der Waals surface area contributed by atoms with Crippen LogP contribution in [0.4, 0.5) is 10.5 Å². The maximum atomic E-state index is 12.9. The van der Waals surface area contributed by atoms with Gasteiger partial charge in [-0.3, -0.25) is 4.90 Å². The molecule has 0 unspecified atom stereocenters. The molecular formula is C26H39N3O3. The first-order valence-corrected chi connectivity index (χ1v) is 12.7. The number of hydrogen-bond acceptors (Lipinski definition) is 5. The van der Waals surface area contributed by atoms with Crippen LogP contribution in [0.1, 0.15) is 63.5 Å². The molecule has 2 saturated heterocycles. The topological polar surface area (TPSA) is 45.2 Å². The molecule has 0 atom stereocenters. The minimum atomic E-state index is -0.132. The number of morpholine rings is 1. The first-order valence-electron chi connectivity index (χ1n) is 12.7. The summed E-state index contributed by atoms with van der Waals surface area (Å²) in [4.78, 5) is 20.0. The Balaban J connectivity index is 1.25. The number of rotatable bonds is 3. The lowest BCUT2D eigenvalue weighted by atomic mass is 9.78. The molecule has 3 aliphatic heterocycles. The van der Waals surface area contributed by atoms with Crippen LogP contribution in [0.3, 0.4) is 0 Å². The van der Waals surface area contributed by atoms with Gasteiger partial charge in [-0.2, -0.15) is 0 Å². The molecule has 5 rings (SSSR count). The zero-order valence-electron chi connectivity index (χ0n) is 19.9. The third-order valence-corrected chi connectivity index (χ3v) is 7.98. The lowest BCUT2D eigenvalue weighted by molar-refractivity contribution is 0.0115. The molecule has 1 saturated carbocycles. The van der Waals surface area contributed by atoms with Crippen molar-refractivity contribution in [2.75, 3.05) is 50.8 Å². The van der Waals surface area contributed by atoms with Crippen molar-refractivity contribution >= 4 is 11.8 Å². The maximum absolute atomic E-state index is 12.9. The molecule has 0 bridgehead atoms. The van der Waals surface area contributed by atoms with E-state index in [1.165, 1.54) is 42.5 Å². The highest BCUT2D eigenvalue weighted by atomic mass is 16.6. The predicted molar refractivity (Wildman–Crippen MR) is 126 cm³/mol. The lowest BCUT2D eigenvalue weighted by Gasteiger charge is -2.42. The van der Waals surface area contributed by atoms with E-state index in [1.54, 1.807) is 0 Å². The number of anilines is 1. The fraction of sp³-hybridized carbons (Fsp3) is 0.731. The van der Waals surface area contributed by atoms with E-state index in [2.05, 4.69) is 41.8 Å². The smallest absolute Gasteiger partial charge is 0.410 e. The van der Waals surface area contributed by atoms with E-state index in [0.29, 0.717) is 12.6 Å². The van der Waals surface area contributed by atoms with Gasteiger partial charge in [0.05, 0.1) is 13.2 Å². The molecule has 0 N–H and O–H groups in total. The van der Waals surface area contributed by atoms with Gasteiger partial charge in [-0.05, 0) is 61.8 Å². The highest BCUT2D eigenvalue weighted by Crippen LogP contribution is 2.37. The van der Waals surface area contributed by atoms with E-state index < -0.39 is 0 Å². The molecule has 0 radical (unpaired) electrons. The second-order valence-electron chi connectivity index (χ2n) is 10.7. The van der Waals surface area contributed by atoms with Crippen LogP contribution in [0, 0.1) is 0 Å². The molecular weight excluding hydrogens is 402 g/mol. The van der Waals surface area contributed by atoms with Crippen LogP contribution in [-0.2, 0) is 21.4 Å². The highest BCUT2D eigenvalue weighted by molar-refractivity contribution is 5.69. The van der Waals surface area contributed by atoms with Crippen molar-refractivity contribution in [1.29, 1.82) is 0 Å². The molecule has 3 heterocycles. The zero-order chi connectivity index (χ0) is 22.1. The first-order chi connectivity index (χ1) is 15.5. The number of fused-ring (bicyclic) bond motifs is 1. The monoisotopic (exact) mass is 441 g/mol. The van der Waals surface area contributed by atoms with Crippen molar-refractivity contribution in [3.05, 3.63) is 29.3 Å². The molecule has 6 nitrogen and oxygen atoms in total. The maximum Gasteiger partial charge on any atom is 0.410 e. The van der Waals surface area contributed by atoms with Gasteiger partial charge in [-0.25, -0.2) is 4.79 Å². The van der Waals surface area contributed by atoms with Crippen molar-refractivity contribution in [3.8, 4) is 0 Å². The van der Waals surface area contributed by atoms with E-state index in [0.717, 1.165) is 58.8 Å². The Labute approximate surface area is 192 Å². The molecule has 3 fully saturated rings. The van der Waals surface area contributed by atoms with Gasteiger partial charge < -0.3 is 19.3 Å². The van der Waals surface area contributed by atoms with Crippen LogP contribution in [0.15, 0.2) is 18.2 Å². The van der Waals surface area contributed by atoms with Crippen molar-refractivity contribution < 1.29 is 14.3 Å². The van der Waals surface area contributed by atoms with Crippen LogP contribution in [0.5, 0.6) is 0 Å². The second kappa shape index (κ2) is 9.22. The number of ether oxygens (including phenoxy) is 2. The fourth-order valence-corrected chi connectivity index (χ4v) is 6.18. The number of amides is 1. The number of benzene rings is 1. The van der Waals surface area contributed by atoms with E-state index >= 15 is 0 Å².